The Morgan fingerprint density at radius 3 is 2.23 bits per heavy atom. The number of para-hydroxylation sites is 1. The van der Waals surface area contributed by atoms with Gasteiger partial charge in [-0.05, 0) is 50.2 Å². The standard InChI is InChI=1S/C20H24N6/c1-4-26(5-2)18-13-11-16(12-14-18)22-20-23-19(15-21-24-20)25(3)17-9-7-6-8-10-17/h6-15H,4-5H2,1-3H3,(H,22,23,24). The maximum atomic E-state index is 4.57. The second-order valence-electron chi connectivity index (χ2n) is 5.88. The van der Waals surface area contributed by atoms with Crippen LogP contribution in [0.5, 0.6) is 0 Å². The fourth-order valence-electron chi connectivity index (χ4n) is 2.77. The lowest BCUT2D eigenvalue weighted by molar-refractivity contribution is 0.866. The maximum absolute atomic E-state index is 4.57. The van der Waals surface area contributed by atoms with E-state index < -0.39 is 0 Å². The van der Waals surface area contributed by atoms with Crippen molar-refractivity contribution in [2.24, 2.45) is 0 Å². The van der Waals surface area contributed by atoms with E-state index in [1.165, 1.54) is 5.69 Å². The van der Waals surface area contributed by atoms with Crippen molar-refractivity contribution >= 4 is 28.8 Å². The lowest BCUT2D eigenvalue weighted by atomic mass is 10.2. The van der Waals surface area contributed by atoms with E-state index in [0.717, 1.165) is 30.3 Å². The van der Waals surface area contributed by atoms with Crippen molar-refractivity contribution in [2.75, 3.05) is 35.3 Å². The van der Waals surface area contributed by atoms with E-state index in [2.05, 4.69) is 51.4 Å². The first-order valence-electron chi connectivity index (χ1n) is 8.81. The Labute approximate surface area is 154 Å². The van der Waals surface area contributed by atoms with E-state index >= 15 is 0 Å². The third-order valence-electron chi connectivity index (χ3n) is 4.29. The van der Waals surface area contributed by atoms with E-state index in [4.69, 9.17) is 0 Å². The second-order valence-corrected chi connectivity index (χ2v) is 5.88. The fraction of sp³-hybridized carbons (Fsp3) is 0.250. The number of hydrogen-bond donors (Lipinski definition) is 1. The SMILES string of the molecule is CCN(CC)c1ccc(Nc2nncc(N(C)c3ccccc3)n2)cc1. The number of anilines is 5. The van der Waals surface area contributed by atoms with Crippen LogP contribution in [0.25, 0.3) is 0 Å². The zero-order valence-corrected chi connectivity index (χ0v) is 15.4. The molecule has 1 heterocycles. The number of hydrogen-bond acceptors (Lipinski definition) is 6. The second kappa shape index (κ2) is 8.29. The van der Waals surface area contributed by atoms with Crippen LogP contribution >= 0.6 is 0 Å². The fourth-order valence-corrected chi connectivity index (χ4v) is 2.77. The topological polar surface area (TPSA) is 57.2 Å². The van der Waals surface area contributed by atoms with Gasteiger partial charge >= 0.3 is 0 Å². The van der Waals surface area contributed by atoms with Crippen LogP contribution in [0.2, 0.25) is 0 Å². The summed E-state index contributed by atoms with van der Waals surface area (Å²) in [4.78, 5) is 8.84. The van der Waals surface area contributed by atoms with Crippen molar-refractivity contribution in [1.29, 1.82) is 0 Å². The van der Waals surface area contributed by atoms with Gasteiger partial charge in [0.05, 0.1) is 6.20 Å². The molecule has 3 aromatic rings. The molecule has 1 aromatic heterocycles. The Morgan fingerprint density at radius 2 is 1.58 bits per heavy atom. The molecule has 0 amide bonds. The molecule has 0 unspecified atom stereocenters. The molecule has 3 rings (SSSR count). The van der Waals surface area contributed by atoms with Gasteiger partial charge in [0.25, 0.3) is 0 Å². The third kappa shape index (κ3) is 4.08. The summed E-state index contributed by atoms with van der Waals surface area (Å²) in [5.41, 5.74) is 3.18. The summed E-state index contributed by atoms with van der Waals surface area (Å²) in [6.07, 6.45) is 1.65. The summed E-state index contributed by atoms with van der Waals surface area (Å²) >= 11 is 0. The largest absolute Gasteiger partial charge is 0.372 e. The Kier molecular flexibility index (Phi) is 5.63. The minimum absolute atomic E-state index is 0.473. The van der Waals surface area contributed by atoms with Crippen LogP contribution in [-0.4, -0.2) is 35.3 Å². The molecule has 0 aliphatic carbocycles. The van der Waals surface area contributed by atoms with Gasteiger partial charge in [0.2, 0.25) is 5.95 Å². The van der Waals surface area contributed by atoms with E-state index in [1.807, 2.05) is 54.4 Å². The highest BCUT2D eigenvalue weighted by atomic mass is 15.3. The van der Waals surface area contributed by atoms with E-state index in [1.54, 1.807) is 6.20 Å². The monoisotopic (exact) mass is 348 g/mol. The van der Waals surface area contributed by atoms with Crippen LogP contribution in [-0.2, 0) is 0 Å². The number of nitrogens with one attached hydrogen (secondary N) is 1. The molecule has 0 spiro atoms. The van der Waals surface area contributed by atoms with E-state index in [-0.39, 0.29) is 0 Å². The van der Waals surface area contributed by atoms with Crippen molar-refractivity contribution in [2.45, 2.75) is 13.8 Å². The summed E-state index contributed by atoms with van der Waals surface area (Å²) in [7, 11) is 1.96. The first-order chi connectivity index (χ1) is 12.7. The van der Waals surface area contributed by atoms with Crippen LogP contribution in [0, 0.1) is 0 Å². The van der Waals surface area contributed by atoms with Gasteiger partial charge < -0.3 is 15.1 Å². The summed E-state index contributed by atoms with van der Waals surface area (Å²) in [6, 6.07) is 18.3. The maximum Gasteiger partial charge on any atom is 0.249 e. The first kappa shape index (κ1) is 17.7. The van der Waals surface area contributed by atoms with Crippen LogP contribution in [0.4, 0.5) is 28.8 Å². The minimum Gasteiger partial charge on any atom is -0.372 e. The molecular weight excluding hydrogens is 324 g/mol. The predicted molar refractivity (Wildman–Crippen MR) is 108 cm³/mol. The van der Waals surface area contributed by atoms with Gasteiger partial charge in [0, 0.05) is 37.2 Å². The minimum atomic E-state index is 0.473. The average molecular weight is 348 g/mol. The molecule has 0 saturated heterocycles. The highest BCUT2D eigenvalue weighted by molar-refractivity contribution is 5.62. The summed E-state index contributed by atoms with van der Waals surface area (Å²) in [6.45, 7) is 6.29. The molecule has 0 atom stereocenters. The van der Waals surface area contributed by atoms with E-state index in [0.29, 0.717) is 5.95 Å². The van der Waals surface area contributed by atoms with Crippen molar-refractivity contribution in [3.05, 3.63) is 60.8 Å². The van der Waals surface area contributed by atoms with Gasteiger partial charge in [-0.3, -0.25) is 0 Å². The van der Waals surface area contributed by atoms with Gasteiger partial charge in [0.1, 0.15) is 0 Å². The lowest BCUT2D eigenvalue weighted by Crippen LogP contribution is -2.21. The molecule has 0 bridgehead atoms. The molecule has 0 radical (unpaired) electrons. The molecule has 1 N–H and O–H groups in total. The van der Waals surface area contributed by atoms with Crippen LogP contribution in [0.1, 0.15) is 13.8 Å². The summed E-state index contributed by atoms with van der Waals surface area (Å²) < 4.78 is 0. The zero-order valence-electron chi connectivity index (χ0n) is 15.4. The molecule has 0 aliphatic heterocycles. The summed E-state index contributed by atoms with van der Waals surface area (Å²) in [5.74, 6) is 1.20. The van der Waals surface area contributed by atoms with Gasteiger partial charge in [-0.15, -0.1) is 5.10 Å². The summed E-state index contributed by atoms with van der Waals surface area (Å²) in [5, 5.41) is 11.4. The van der Waals surface area contributed by atoms with Crippen LogP contribution in [0.3, 0.4) is 0 Å². The predicted octanol–water partition coefficient (Wildman–Crippen LogP) is 4.23. The quantitative estimate of drug-likeness (QED) is 0.689. The third-order valence-corrected chi connectivity index (χ3v) is 4.29. The van der Waals surface area contributed by atoms with E-state index in [9.17, 15) is 0 Å². The smallest absolute Gasteiger partial charge is 0.249 e. The Bertz CT molecular complexity index is 815. The zero-order chi connectivity index (χ0) is 18.4. The van der Waals surface area contributed by atoms with Crippen molar-refractivity contribution < 1.29 is 0 Å². The molecule has 26 heavy (non-hydrogen) atoms. The van der Waals surface area contributed by atoms with Crippen molar-refractivity contribution in [3.8, 4) is 0 Å². The number of benzene rings is 2. The average Bonchev–Trinajstić information content (AvgIpc) is 2.70. The highest BCUT2D eigenvalue weighted by Crippen LogP contribution is 2.23. The molecule has 2 aromatic carbocycles. The van der Waals surface area contributed by atoms with Gasteiger partial charge in [-0.2, -0.15) is 10.1 Å². The normalized spacial score (nSPS) is 10.4. The number of aromatic nitrogens is 3. The molecule has 0 saturated carbocycles. The van der Waals surface area contributed by atoms with Crippen molar-refractivity contribution in [3.63, 3.8) is 0 Å². The molecule has 0 fully saturated rings. The molecule has 6 nitrogen and oxygen atoms in total. The Morgan fingerprint density at radius 1 is 0.885 bits per heavy atom. The van der Waals surface area contributed by atoms with Crippen LogP contribution < -0.4 is 15.1 Å². The van der Waals surface area contributed by atoms with Crippen LogP contribution in [0.15, 0.2) is 60.8 Å². The Hall–Kier alpha value is -3.15. The van der Waals surface area contributed by atoms with Crippen molar-refractivity contribution in [1.82, 2.24) is 15.2 Å². The number of nitrogens with zero attached hydrogens (tertiary/aromatic N) is 5. The first-order valence-corrected chi connectivity index (χ1v) is 8.81. The molecule has 6 heteroatoms. The van der Waals surface area contributed by atoms with Gasteiger partial charge in [-0.25, -0.2) is 0 Å². The highest BCUT2D eigenvalue weighted by Gasteiger charge is 2.08. The van der Waals surface area contributed by atoms with Gasteiger partial charge in [-0.1, -0.05) is 18.2 Å². The Balaban J connectivity index is 1.75. The van der Waals surface area contributed by atoms with Gasteiger partial charge in [0.15, 0.2) is 5.82 Å². The molecule has 0 aliphatic rings. The molecule has 134 valence electrons. The lowest BCUT2D eigenvalue weighted by Gasteiger charge is -2.21. The number of rotatable bonds is 7. The molecular formula is C20H24N6.